The Hall–Kier alpha value is -0.0800. The summed E-state index contributed by atoms with van der Waals surface area (Å²) in [5, 5.41) is 9.51. The molecule has 1 heterocycles. The first-order chi connectivity index (χ1) is 4.50. The normalized spacial score (nSPS) is 34.8. The molecule has 0 aliphatic carbocycles. The van der Waals surface area contributed by atoms with Gasteiger partial charge in [-0.3, -0.25) is 0 Å². The second-order valence-electron chi connectivity index (χ2n) is 3.67. The molecule has 0 saturated carbocycles. The summed E-state index contributed by atoms with van der Waals surface area (Å²) in [6.07, 6.45) is 2.44. The van der Waals surface area contributed by atoms with E-state index in [0.717, 1.165) is 12.8 Å². The molecular formula is C8H16O2. The molecule has 1 aliphatic rings. The van der Waals surface area contributed by atoms with Gasteiger partial charge in [-0.05, 0) is 33.6 Å². The van der Waals surface area contributed by atoms with Crippen LogP contribution in [0.4, 0.5) is 0 Å². The summed E-state index contributed by atoms with van der Waals surface area (Å²) in [4.78, 5) is 0. The third-order valence-corrected chi connectivity index (χ3v) is 2.02. The number of aliphatic hydroxyl groups is 1. The fourth-order valence-electron chi connectivity index (χ4n) is 1.32. The Labute approximate surface area is 62.2 Å². The van der Waals surface area contributed by atoms with Crippen LogP contribution in [0.1, 0.15) is 33.6 Å². The highest BCUT2D eigenvalue weighted by atomic mass is 16.5. The summed E-state index contributed by atoms with van der Waals surface area (Å²) in [6, 6.07) is 0. The number of rotatable bonds is 1. The predicted octanol–water partition coefficient (Wildman–Crippen LogP) is 1.32. The topological polar surface area (TPSA) is 29.5 Å². The van der Waals surface area contributed by atoms with E-state index in [9.17, 15) is 5.11 Å². The molecule has 0 aromatic heterocycles. The van der Waals surface area contributed by atoms with Crippen LogP contribution in [0.25, 0.3) is 0 Å². The van der Waals surface area contributed by atoms with E-state index in [2.05, 4.69) is 0 Å². The maximum absolute atomic E-state index is 9.51. The molecule has 1 saturated heterocycles. The fourth-order valence-corrected chi connectivity index (χ4v) is 1.32. The first-order valence-corrected chi connectivity index (χ1v) is 3.88. The van der Waals surface area contributed by atoms with Gasteiger partial charge in [0.15, 0.2) is 0 Å². The van der Waals surface area contributed by atoms with E-state index in [1.165, 1.54) is 0 Å². The molecule has 2 atom stereocenters. The summed E-state index contributed by atoms with van der Waals surface area (Å²) in [6.45, 7) is 5.65. The fraction of sp³-hybridized carbons (Fsp3) is 1.00. The van der Waals surface area contributed by atoms with Crippen molar-refractivity contribution in [1.29, 1.82) is 0 Å². The van der Waals surface area contributed by atoms with Gasteiger partial charge in [0.1, 0.15) is 0 Å². The van der Waals surface area contributed by atoms with Gasteiger partial charge in [-0.15, -0.1) is 0 Å². The highest BCUT2D eigenvalue weighted by molar-refractivity contribution is 4.83. The zero-order chi connectivity index (χ0) is 7.78. The molecule has 2 unspecified atom stereocenters. The molecule has 0 amide bonds. The van der Waals surface area contributed by atoms with Crippen LogP contribution in [0.15, 0.2) is 0 Å². The Kier molecular flexibility index (Phi) is 2.02. The van der Waals surface area contributed by atoms with Crippen LogP contribution in [-0.4, -0.2) is 22.9 Å². The smallest absolute Gasteiger partial charge is 0.0861 e. The molecule has 60 valence electrons. The second kappa shape index (κ2) is 2.51. The third-order valence-electron chi connectivity index (χ3n) is 2.02. The van der Waals surface area contributed by atoms with Crippen molar-refractivity contribution in [1.82, 2.24) is 0 Å². The molecule has 0 bridgehead atoms. The average molecular weight is 144 g/mol. The van der Waals surface area contributed by atoms with Crippen molar-refractivity contribution in [3.05, 3.63) is 0 Å². The quantitative estimate of drug-likeness (QED) is 0.601. The van der Waals surface area contributed by atoms with Crippen molar-refractivity contribution < 1.29 is 9.84 Å². The van der Waals surface area contributed by atoms with Gasteiger partial charge in [-0.25, -0.2) is 0 Å². The van der Waals surface area contributed by atoms with Gasteiger partial charge in [-0.2, -0.15) is 0 Å². The Morgan fingerprint density at radius 1 is 1.40 bits per heavy atom. The van der Waals surface area contributed by atoms with Gasteiger partial charge in [0.05, 0.1) is 17.8 Å². The van der Waals surface area contributed by atoms with E-state index < -0.39 is 5.60 Å². The summed E-state index contributed by atoms with van der Waals surface area (Å²) in [5.74, 6) is 0. The molecule has 0 aromatic rings. The SMILES string of the molecule is CC1CCC(C(C)(C)O)O1. The maximum atomic E-state index is 9.51. The zero-order valence-corrected chi connectivity index (χ0v) is 6.92. The van der Waals surface area contributed by atoms with E-state index in [1.807, 2.05) is 6.92 Å². The highest BCUT2D eigenvalue weighted by Gasteiger charge is 2.33. The van der Waals surface area contributed by atoms with Gasteiger partial charge in [-0.1, -0.05) is 0 Å². The third kappa shape index (κ3) is 1.70. The Bertz CT molecular complexity index is 115. The van der Waals surface area contributed by atoms with Crippen molar-refractivity contribution in [2.75, 3.05) is 0 Å². The van der Waals surface area contributed by atoms with E-state index in [0.29, 0.717) is 6.10 Å². The average Bonchev–Trinajstić information content (AvgIpc) is 2.11. The monoisotopic (exact) mass is 144 g/mol. The van der Waals surface area contributed by atoms with Crippen LogP contribution in [0.3, 0.4) is 0 Å². The van der Waals surface area contributed by atoms with Crippen LogP contribution in [0, 0.1) is 0 Å². The van der Waals surface area contributed by atoms with Crippen molar-refractivity contribution in [2.24, 2.45) is 0 Å². The van der Waals surface area contributed by atoms with Gasteiger partial charge in [0, 0.05) is 0 Å². The van der Waals surface area contributed by atoms with Crippen LogP contribution in [-0.2, 0) is 4.74 Å². The lowest BCUT2D eigenvalue weighted by Gasteiger charge is -2.24. The molecule has 1 aliphatic heterocycles. The van der Waals surface area contributed by atoms with Gasteiger partial charge < -0.3 is 9.84 Å². The zero-order valence-electron chi connectivity index (χ0n) is 6.92. The van der Waals surface area contributed by atoms with Crippen molar-refractivity contribution in [3.8, 4) is 0 Å². The Morgan fingerprint density at radius 2 is 2.00 bits per heavy atom. The van der Waals surface area contributed by atoms with Crippen LogP contribution in [0.5, 0.6) is 0 Å². The molecule has 1 fully saturated rings. The molecule has 0 radical (unpaired) electrons. The van der Waals surface area contributed by atoms with Crippen molar-refractivity contribution in [2.45, 2.75) is 51.4 Å². The van der Waals surface area contributed by atoms with Gasteiger partial charge in [0.25, 0.3) is 0 Å². The first kappa shape index (κ1) is 8.02. The summed E-state index contributed by atoms with van der Waals surface area (Å²) in [7, 11) is 0. The molecule has 0 spiro atoms. The minimum Gasteiger partial charge on any atom is -0.388 e. The Morgan fingerprint density at radius 3 is 2.20 bits per heavy atom. The molecule has 10 heavy (non-hydrogen) atoms. The first-order valence-electron chi connectivity index (χ1n) is 3.88. The minimum absolute atomic E-state index is 0.0440. The van der Waals surface area contributed by atoms with E-state index in [-0.39, 0.29) is 6.10 Å². The largest absolute Gasteiger partial charge is 0.388 e. The van der Waals surface area contributed by atoms with Crippen LogP contribution >= 0.6 is 0 Å². The molecular weight excluding hydrogens is 128 g/mol. The Balaban J connectivity index is 2.45. The molecule has 0 aromatic carbocycles. The van der Waals surface area contributed by atoms with E-state index in [4.69, 9.17) is 4.74 Å². The number of hydrogen-bond acceptors (Lipinski definition) is 2. The summed E-state index contributed by atoms with van der Waals surface area (Å²) >= 11 is 0. The predicted molar refractivity (Wildman–Crippen MR) is 39.9 cm³/mol. The maximum Gasteiger partial charge on any atom is 0.0861 e. The number of hydrogen-bond donors (Lipinski definition) is 1. The summed E-state index contributed by atoms with van der Waals surface area (Å²) in [5.41, 5.74) is -0.662. The van der Waals surface area contributed by atoms with Crippen molar-refractivity contribution >= 4 is 0 Å². The van der Waals surface area contributed by atoms with E-state index in [1.54, 1.807) is 13.8 Å². The second-order valence-corrected chi connectivity index (χ2v) is 3.67. The van der Waals surface area contributed by atoms with Crippen molar-refractivity contribution in [3.63, 3.8) is 0 Å². The molecule has 1 N–H and O–H groups in total. The number of ether oxygens (including phenoxy) is 1. The van der Waals surface area contributed by atoms with Crippen LogP contribution in [0.2, 0.25) is 0 Å². The van der Waals surface area contributed by atoms with Gasteiger partial charge in [0.2, 0.25) is 0 Å². The molecule has 2 heteroatoms. The summed E-state index contributed by atoms with van der Waals surface area (Å²) < 4.78 is 5.48. The molecule has 2 nitrogen and oxygen atoms in total. The van der Waals surface area contributed by atoms with E-state index >= 15 is 0 Å². The molecule has 1 rings (SSSR count). The van der Waals surface area contributed by atoms with Gasteiger partial charge >= 0.3 is 0 Å². The lowest BCUT2D eigenvalue weighted by Crippen LogP contribution is -2.35. The minimum atomic E-state index is -0.662. The highest BCUT2D eigenvalue weighted by Crippen LogP contribution is 2.27. The lowest BCUT2D eigenvalue weighted by atomic mass is 9.99. The standard InChI is InChI=1S/C8H16O2/c1-6-4-5-7(10-6)8(2,3)9/h6-7,9H,4-5H2,1-3H3. The van der Waals surface area contributed by atoms with Crippen LogP contribution < -0.4 is 0 Å². The lowest BCUT2D eigenvalue weighted by molar-refractivity contribution is -0.0786.